The van der Waals surface area contributed by atoms with E-state index in [1.807, 2.05) is 6.08 Å². The largest absolute Gasteiger partial charge is 0.394 e. The van der Waals surface area contributed by atoms with Crippen molar-refractivity contribution in [1.82, 2.24) is 5.32 Å². The third-order valence-electron chi connectivity index (χ3n) is 16.6. The van der Waals surface area contributed by atoms with E-state index in [4.69, 9.17) is 9.47 Å². The highest BCUT2D eigenvalue weighted by atomic mass is 16.7. The number of rotatable bonds is 63. The van der Waals surface area contributed by atoms with E-state index in [2.05, 4.69) is 153 Å². The standard InChI is InChI=1S/C81H137NO8/c1-3-5-7-9-11-13-15-17-19-21-23-25-27-29-31-33-35-36-37-38-39-40-41-43-45-47-49-51-53-55-57-59-61-63-65-67-69-71-77(85)82-74(73-89-81-80(88)79(87)78(86)76(72-83)90-81)75(84)70-68-66-64-62-60-58-56-54-52-50-48-46-44-42-34-32-30-28-26-24-22-20-18-16-14-12-10-8-6-4-2/h5,7,11,13,17,19,23,25,29,31,35-36,38-39,41,43,47,49,52,54,60,62,68,70,74-76,78-81,83-84,86-88H,3-4,6,8-10,12,14-16,18,20-22,24,26-28,30,32-34,37,40,42,44-46,48,50-51,53,55-59,61,63-67,69,71-73H2,1-2H3,(H,82,85)/b7-5-,13-11-,19-17-,25-23-,31-29-,36-35-,39-38-,43-41-,49-47-,54-52+,62-60+,70-68+. The molecule has 7 atom stereocenters. The molecule has 1 aliphatic heterocycles. The summed E-state index contributed by atoms with van der Waals surface area (Å²) < 4.78 is 11.3. The second kappa shape index (κ2) is 67.9. The molecule has 6 N–H and O–H groups in total. The Morgan fingerprint density at radius 2 is 0.700 bits per heavy atom. The first-order valence-electron chi connectivity index (χ1n) is 37.1. The van der Waals surface area contributed by atoms with Crippen molar-refractivity contribution in [3.05, 3.63) is 146 Å². The fourth-order valence-corrected chi connectivity index (χ4v) is 10.9. The normalized spacial score (nSPS) is 18.7. The number of carbonyl (C=O) groups excluding carboxylic acids is 1. The minimum Gasteiger partial charge on any atom is -0.394 e. The predicted octanol–water partition coefficient (Wildman–Crippen LogP) is 20.9. The van der Waals surface area contributed by atoms with E-state index in [0.717, 1.165) is 122 Å². The first-order valence-corrected chi connectivity index (χ1v) is 37.1. The van der Waals surface area contributed by atoms with Gasteiger partial charge in [-0.2, -0.15) is 0 Å². The molecular weight excluding hydrogens is 1110 g/mol. The van der Waals surface area contributed by atoms with Gasteiger partial charge < -0.3 is 40.3 Å². The van der Waals surface area contributed by atoms with Crippen molar-refractivity contribution in [1.29, 1.82) is 0 Å². The summed E-state index contributed by atoms with van der Waals surface area (Å²) in [6, 6.07) is -0.844. The lowest BCUT2D eigenvalue weighted by molar-refractivity contribution is -0.302. The summed E-state index contributed by atoms with van der Waals surface area (Å²) in [7, 11) is 0. The highest BCUT2D eigenvalue weighted by molar-refractivity contribution is 5.76. The second-order valence-electron chi connectivity index (χ2n) is 25.0. The van der Waals surface area contributed by atoms with E-state index >= 15 is 0 Å². The lowest BCUT2D eigenvalue weighted by Crippen LogP contribution is -2.60. The van der Waals surface area contributed by atoms with Crippen molar-refractivity contribution in [2.45, 2.75) is 346 Å². The summed E-state index contributed by atoms with van der Waals surface area (Å²) >= 11 is 0. The van der Waals surface area contributed by atoms with Crippen molar-refractivity contribution in [3.8, 4) is 0 Å². The van der Waals surface area contributed by atoms with Gasteiger partial charge in [-0.3, -0.25) is 4.79 Å². The molecule has 0 aromatic rings. The molecule has 0 radical (unpaired) electrons. The summed E-state index contributed by atoms with van der Waals surface area (Å²) in [4.78, 5) is 13.1. The summed E-state index contributed by atoms with van der Waals surface area (Å²) in [5, 5.41) is 54.8. The van der Waals surface area contributed by atoms with E-state index in [1.165, 1.54) is 161 Å². The van der Waals surface area contributed by atoms with Gasteiger partial charge in [0.1, 0.15) is 24.4 Å². The SMILES string of the molecule is CC/C=C\C/C=C\C/C=C\C/C=C\C/C=C\C/C=C\C/C=C\C/C=C\C/C=C\CCCCCCCCCCCC(=O)NC(COC1OC(CO)C(O)C(O)C1O)C(O)/C=C/CC/C=C/CC/C=C/CCCCCCCCCCCCCCCCCCCCCC. The zero-order chi connectivity index (χ0) is 64.9. The van der Waals surface area contributed by atoms with Gasteiger partial charge in [0, 0.05) is 6.42 Å². The third kappa shape index (κ3) is 55.7. The summed E-state index contributed by atoms with van der Waals surface area (Å²) in [6.45, 7) is 3.66. The predicted molar refractivity (Wildman–Crippen MR) is 386 cm³/mol. The maximum Gasteiger partial charge on any atom is 0.220 e. The van der Waals surface area contributed by atoms with Crippen molar-refractivity contribution in [2.75, 3.05) is 13.2 Å². The maximum atomic E-state index is 13.1. The van der Waals surface area contributed by atoms with Gasteiger partial charge in [0.25, 0.3) is 0 Å². The first-order chi connectivity index (χ1) is 44.3. The number of nitrogens with one attached hydrogen (secondary N) is 1. The number of aliphatic hydroxyl groups excluding tert-OH is 5. The number of amides is 1. The van der Waals surface area contributed by atoms with Crippen molar-refractivity contribution in [3.63, 3.8) is 0 Å². The number of hydrogen-bond donors (Lipinski definition) is 6. The van der Waals surface area contributed by atoms with Crippen LogP contribution in [0.15, 0.2) is 146 Å². The van der Waals surface area contributed by atoms with Crippen LogP contribution in [0.1, 0.15) is 303 Å². The molecule has 1 aliphatic rings. The van der Waals surface area contributed by atoms with Gasteiger partial charge in [-0.05, 0) is 116 Å². The van der Waals surface area contributed by atoms with Crippen molar-refractivity contribution in [2.24, 2.45) is 0 Å². The molecule has 9 heteroatoms. The number of carbonyl (C=O) groups is 1. The van der Waals surface area contributed by atoms with Crippen LogP contribution in [0.3, 0.4) is 0 Å². The lowest BCUT2D eigenvalue weighted by Gasteiger charge is -2.40. The highest BCUT2D eigenvalue weighted by Gasteiger charge is 2.44. The topological polar surface area (TPSA) is 149 Å². The monoisotopic (exact) mass is 1250 g/mol. The van der Waals surface area contributed by atoms with E-state index in [1.54, 1.807) is 6.08 Å². The Morgan fingerprint density at radius 3 is 1.07 bits per heavy atom. The molecule has 0 bridgehead atoms. The molecule has 90 heavy (non-hydrogen) atoms. The fourth-order valence-electron chi connectivity index (χ4n) is 10.9. The zero-order valence-corrected chi connectivity index (χ0v) is 57.6. The molecule has 1 heterocycles. The minimum absolute atomic E-state index is 0.201. The molecule has 1 fully saturated rings. The Balaban J connectivity index is 2.18. The van der Waals surface area contributed by atoms with Gasteiger partial charge in [0.2, 0.25) is 5.91 Å². The molecule has 1 rings (SSSR count). The minimum atomic E-state index is -1.59. The Kier molecular flexibility index (Phi) is 63.5. The van der Waals surface area contributed by atoms with Crippen LogP contribution in [0.2, 0.25) is 0 Å². The van der Waals surface area contributed by atoms with Gasteiger partial charge in [0.15, 0.2) is 6.29 Å². The highest BCUT2D eigenvalue weighted by Crippen LogP contribution is 2.23. The molecule has 0 spiro atoms. The molecule has 7 unspecified atom stereocenters. The Bertz CT molecular complexity index is 1940. The maximum absolute atomic E-state index is 13.1. The Labute approximate surface area is 553 Å². The number of aliphatic hydroxyl groups is 5. The van der Waals surface area contributed by atoms with Crippen molar-refractivity contribution >= 4 is 5.91 Å². The first kappa shape index (κ1) is 84.1. The lowest BCUT2D eigenvalue weighted by atomic mass is 9.99. The van der Waals surface area contributed by atoms with Crippen LogP contribution in [-0.4, -0.2) is 87.5 Å². The van der Waals surface area contributed by atoms with Crippen LogP contribution >= 0.6 is 0 Å². The average Bonchev–Trinajstić information content (AvgIpc) is 1.28. The number of hydrogen-bond acceptors (Lipinski definition) is 8. The quantitative estimate of drug-likeness (QED) is 0.0261. The van der Waals surface area contributed by atoms with Crippen LogP contribution in [0.5, 0.6) is 0 Å². The van der Waals surface area contributed by atoms with Crippen molar-refractivity contribution < 1.29 is 39.8 Å². The van der Waals surface area contributed by atoms with Crippen LogP contribution in [-0.2, 0) is 14.3 Å². The van der Waals surface area contributed by atoms with Crippen LogP contribution in [0.25, 0.3) is 0 Å². The fraction of sp³-hybridized carbons (Fsp3) is 0.691. The third-order valence-corrected chi connectivity index (χ3v) is 16.6. The Hall–Kier alpha value is -3.93. The molecular formula is C81H137NO8. The number of allylic oxidation sites excluding steroid dienone is 23. The summed E-state index contributed by atoms with van der Waals surface area (Å²) in [5.41, 5.74) is 0. The van der Waals surface area contributed by atoms with E-state index in [0.29, 0.717) is 6.42 Å². The van der Waals surface area contributed by atoms with Gasteiger partial charge in [0.05, 0.1) is 25.4 Å². The zero-order valence-electron chi connectivity index (χ0n) is 57.6. The second-order valence-corrected chi connectivity index (χ2v) is 25.0. The molecule has 514 valence electrons. The van der Waals surface area contributed by atoms with E-state index in [9.17, 15) is 30.3 Å². The average molecular weight is 1250 g/mol. The number of unbranched alkanes of at least 4 members (excludes halogenated alkanes) is 31. The van der Waals surface area contributed by atoms with Crippen LogP contribution < -0.4 is 5.32 Å². The molecule has 1 amide bonds. The Morgan fingerprint density at radius 1 is 0.389 bits per heavy atom. The van der Waals surface area contributed by atoms with E-state index in [-0.39, 0.29) is 12.5 Å². The van der Waals surface area contributed by atoms with E-state index < -0.39 is 49.5 Å². The molecule has 0 aromatic heterocycles. The van der Waals surface area contributed by atoms with Gasteiger partial charge in [-0.15, -0.1) is 0 Å². The van der Waals surface area contributed by atoms with Gasteiger partial charge >= 0.3 is 0 Å². The molecule has 0 aromatic carbocycles. The molecule has 0 saturated carbocycles. The summed E-state index contributed by atoms with van der Waals surface area (Å²) in [5.74, 6) is -0.201. The van der Waals surface area contributed by atoms with Gasteiger partial charge in [-0.1, -0.05) is 327 Å². The molecule has 1 saturated heterocycles. The molecule has 9 nitrogen and oxygen atoms in total. The van der Waals surface area contributed by atoms with Gasteiger partial charge in [-0.25, -0.2) is 0 Å². The smallest absolute Gasteiger partial charge is 0.220 e. The molecule has 0 aliphatic carbocycles. The van der Waals surface area contributed by atoms with Crippen LogP contribution in [0, 0.1) is 0 Å². The summed E-state index contributed by atoms with van der Waals surface area (Å²) in [6.07, 6.45) is 98.2. The van der Waals surface area contributed by atoms with Crippen LogP contribution in [0.4, 0.5) is 0 Å². The number of ether oxygens (including phenoxy) is 2.